The number of nitrogens with one attached hydrogen (secondary N) is 1. The van der Waals surface area contributed by atoms with Crippen molar-refractivity contribution in [3.8, 4) is 0 Å². The van der Waals surface area contributed by atoms with Crippen LogP contribution >= 0.6 is 11.6 Å². The molecule has 0 bridgehead atoms. The lowest BCUT2D eigenvalue weighted by atomic mass is 10.1. The van der Waals surface area contributed by atoms with E-state index in [9.17, 15) is 0 Å². The van der Waals surface area contributed by atoms with Crippen LogP contribution in [-0.2, 0) is 0 Å². The van der Waals surface area contributed by atoms with Crippen molar-refractivity contribution < 1.29 is 0 Å². The third-order valence-corrected chi connectivity index (χ3v) is 3.14. The smallest absolute Gasteiger partial charge is 0.224 e. The quantitative estimate of drug-likeness (QED) is 0.495. The Morgan fingerprint density at radius 3 is 2.39 bits per heavy atom. The molecule has 3 nitrogen and oxygen atoms in total. The van der Waals surface area contributed by atoms with Gasteiger partial charge in [0, 0.05) is 12.7 Å². The first-order valence-corrected chi connectivity index (χ1v) is 7.43. The molecule has 0 aliphatic rings. The fourth-order valence-corrected chi connectivity index (χ4v) is 2.06. The largest absolute Gasteiger partial charge is 0.370 e. The van der Waals surface area contributed by atoms with E-state index in [2.05, 4.69) is 22.2 Å². The molecule has 1 rings (SSSR count). The van der Waals surface area contributed by atoms with E-state index in [0.29, 0.717) is 5.28 Å². The zero-order chi connectivity index (χ0) is 13.1. The number of halogens is 1. The van der Waals surface area contributed by atoms with E-state index in [0.717, 1.165) is 12.4 Å². The highest BCUT2D eigenvalue weighted by atomic mass is 35.5. The third-order valence-electron chi connectivity index (χ3n) is 2.96. The highest BCUT2D eigenvalue weighted by molar-refractivity contribution is 6.28. The first-order valence-electron chi connectivity index (χ1n) is 7.05. The van der Waals surface area contributed by atoms with Gasteiger partial charge in [-0.05, 0) is 24.1 Å². The number of unbranched alkanes of at least 4 members (excludes halogenated alkanes) is 7. The minimum atomic E-state index is 0.302. The normalized spacial score (nSPS) is 10.6. The van der Waals surface area contributed by atoms with Crippen molar-refractivity contribution in [1.82, 2.24) is 9.97 Å². The molecule has 102 valence electrons. The molecule has 18 heavy (non-hydrogen) atoms. The van der Waals surface area contributed by atoms with Crippen LogP contribution in [0.3, 0.4) is 0 Å². The molecule has 1 heterocycles. The lowest BCUT2D eigenvalue weighted by molar-refractivity contribution is 0.581. The van der Waals surface area contributed by atoms with Crippen molar-refractivity contribution in [2.45, 2.75) is 58.3 Å². The van der Waals surface area contributed by atoms with Gasteiger partial charge in [-0.15, -0.1) is 0 Å². The second-order valence-corrected chi connectivity index (χ2v) is 4.95. The molecule has 0 amide bonds. The van der Waals surface area contributed by atoms with Crippen LogP contribution in [0.15, 0.2) is 12.3 Å². The summed E-state index contributed by atoms with van der Waals surface area (Å²) in [4.78, 5) is 7.93. The van der Waals surface area contributed by atoms with Gasteiger partial charge >= 0.3 is 0 Å². The van der Waals surface area contributed by atoms with Crippen LogP contribution in [0.25, 0.3) is 0 Å². The number of hydrogen-bond acceptors (Lipinski definition) is 3. The summed E-state index contributed by atoms with van der Waals surface area (Å²) in [6.45, 7) is 3.22. The molecule has 0 aliphatic carbocycles. The van der Waals surface area contributed by atoms with Gasteiger partial charge in [-0.3, -0.25) is 0 Å². The molecule has 0 spiro atoms. The lowest BCUT2D eigenvalue weighted by Crippen LogP contribution is -2.03. The summed E-state index contributed by atoms with van der Waals surface area (Å²) >= 11 is 5.71. The molecule has 1 aromatic rings. The van der Waals surface area contributed by atoms with Crippen LogP contribution < -0.4 is 5.32 Å². The van der Waals surface area contributed by atoms with E-state index < -0.39 is 0 Å². The molecule has 0 atom stereocenters. The maximum atomic E-state index is 5.71. The van der Waals surface area contributed by atoms with Crippen molar-refractivity contribution in [1.29, 1.82) is 0 Å². The molecule has 0 saturated heterocycles. The summed E-state index contributed by atoms with van der Waals surface area (Å²) in [5.41, 5.74) is 0. The zero-order valence-corrected chi connectivity index (χ0v) is 12.0. The molecule has 0 aliphatic heterocycles. The van der Waals surface area contributed by atoms with E-state index >= 15 is 0 Å². The zero-order valence-electron chi connectivity index (χ0n) is 11.3. The fraction of sp³-hybridized carbons (Fsp3) is 0.714. The molecule has 1 aromatic heterocycles. The average molecular weight is 270 g/mol. The molecule has 4 heteroatoms. The molecule has 0 fully saturated rings. The molecular weight excluding hydrogens is 246 g/mol. The highest BCUT2D eigenvalue weighted by Gasteiger charge is 1.95. The Morgan fingerprint density at radius 2 is 1.72 bits per heavy atom. The van der Waals surface area contributed by atoms with E-state index in [-0.39, 0.29) is 0 Å². The van der Waals surface area contributed by atoms with Crippen LogP contribution in [0.5, 0.6) is 0 Å². The SMILES string of the molecule is CCCCCCCCCCNc1ccnc(Cl)n1. The van der Waals surface area contributed by atoms with E-state index in [1.54, 1.807) is 6.20 Å². The van der Waals surface area contributed by atoms with Gasteiger partial charge < -0.3 is 5.32 Å². The van der Waals surface area contributed by atoms with E-state index in [1.165, 1.54) is 51.4 Å². The number of hydrogen-bond donors (Lipinski definition) is 1. The molecule has 0 radical (unpaired) electrons. The lowest BCUT2D eigenvalue weighted by Gasteiger charge is -2.05. The Balaban J connectivity index is 1.92. The summed E-state index contributed by atoms with van der Waals surface area (Å²) in [5.74, 6) is 0.818. The van der Waals surface area contributed by atoms with Crippen LogP contribution in [-0.4, -0.2) is 16.5 Å². The number of rotatable bonds is 10. The van der Waals surface area contributed by atoms with E-state index in [1.807, 2.05) is 6.07 Å². The Bertz CT molecular complexity index is 318. The Kier molecular flexibility index (Phi) is 8.57. The Morgan fingerprint density at radius 1 is 1.06 bits per heavy atom. The van der Waals surface area contributed by atoms with Crippen LogP contribution in [0.2, 0.25) is 5.28 Å². The summed E-state index contributed by atoms with van der Waals surface area (Å²) in [5, 5.41) is 3.56. The maximum absolute atomic E-state index is 5.71. The monoisotopic (exact) mass is 269 g/mol. The second kappa shape index (κ2) is 10.1. The number of nitrogens with zero attached hydrogens (tertiary/aromatic N) is 2. The molecule has 1 N–H and O–H groups in total. The standard InChI is InChI=1S/C14H24ClN3/c1-2-3-4-5-6-7-8-9-11-16-13-10-12-17-14(15)18-13/h10,12H,2-9,11H2,1H3,(H,16,17,18). The summed E-state index contributed by atoms with van der Waals surface area (Å²) in [6, 6.07) is 1.84. The van der Waals surface area contributed by atoms with Crippen molar-refractivity contribution in [2.24, 2.45) is 0 Å². The molecule has 0 unspecified atom stereocenters. The third kappa shape index (κ3) is 7.49. The summed E-state index contributed by atoms with van der Waals surface area (Å²) in [7, 11) is 0. The molecule has 0 aromatic carbocycles. The topological polar surface area (TPSA) is 37.8 Å². The van der Waals surface area contributed by atoms with Crippen molar-refractivity contribution in [3.05, 3.63) is 17.5 Å². The Hall–Kier alpha value is -0.830. The minimum Gasteiger partial charge on any atom is -0.370 e. The van der Waals surface area contributed by atoms with E-state index in [4.69, 9.17) is 11.6 Å². The van der Waals surface area contributed by atoms with Gasteiger partial charge in [0.2, 0.25) is 5.28 Å². The second-order valence-electron chi connectivity index (χ2n) is 4.61. The van der Waals surface area contributed by atoms with Crippen molar-refractivity contribution in [2.75, 3.05) is 11.9 Å². The van der Waals surface area contributed by atoms with Gasteiger partial charge in [0.05, 0.1) is 0 Å². The fourth-order valence-electron chi connectivity index (χ4n) is 1.91. The molecular formula is C14H24ClN3. The van der Waals surface area contributed by atoms with Gasteiger partial charge in [0.25, 0.3) is 0 Å². The Labute approximate surface area is 115 Å². The maximum Gasteiger partial charge on any atom is 0.224 e. The number of anilines is 1. The minimum absolute atomic E-state index is 0.302. The summed E-state index contributed by atoms with van der Waals surface area (Å²) in [6.07, 6.45) is 12.4. The van der Waals surface area contributed by atoms with Gasteiger partial charge in [-0.25, -0.2) is 9.97 Å². The van der Waals surface area contributed by atoms with Crippen LogP contribution in [0.4, 0.5) is 5.82 Å². The van der Waals surface area contributed by atoms with Gasteiger partial charge in [0.1, 0.15) is 5.82 Å². The molecule has 0 saturated carbocycles. The van der Waals surface area contributed by atoms with Gasteiger partial charge in [-0.1, -0.05) is 51.9 Å². The van der Waals surface area contributed by atoms with Gasteiger partial charge in [0.15, 0.2) is 0 Å². The van der Waals surface area contributed by atoms with Crippen molar-refractivity contribution >= 4 is 17.4 Å². The van der Waals surface area contributed by atoms with Crippen molar-refractivity contribution in [3.63, 3.8) is 0 Å². The highest BCUT2D eigenvalue weighted by Crippen LogP contribution is 2.09. The first kappa shape index (κ1) is 15.2. The average Bonchev–Trinajstić information content (AvgIpc) is 2.37. The first-order chi connectivity index (χ1) is 8.83. The number of aromatic nitrogens is 2. The summed E-state index contributed by atoms with van der Waals surface area (Å²) < 4.78 is 0. The van der Waals surface area contributed by atoms with Gasteiger partial charge in [-0.2, -0.15) is 0 Å². The predicted octanol–water partition coefficient (Wildman–Crippen LogP) is 4.68. The van der Waals surface area contributed by atoms with Crippen LogP contribution in [0.1, 0.15) is 58.3 Å². The predicted molar refractivity (Wildman–Crippen MR) is 78.1 cm³/mol. The van der Waals surface area contributed by atoms with Crippen LogP contribution in [0, 0.1) is 0 Å².